The largest absolute Gasteiger partial charge is 0.368 e. The zero-order valence-corrected chi connectivity index (χ0v) is 9.74. The van der Waals surface area contributed by atoms with Crippen LogP contribution in [0.25, 0.3) is 0 Å². The molecule has 3 amide bonds. The number of amides is 3. The summed E-state index contributed by atoms with van der Waals surface area (Å²) in [5.41, 5.74) is 9.09. The van der Waals surface area contributed by atoms with Gasteiger partial charge in [-0.05, 0) is 20.9 Å². The molecule has 7 heteroatoms. The lowest BCUT2D eigenvalue weighted by atomic mass is 10.0. The van der Waals surface area contributed by atoms with E-state index in [0.29, 0.717) is 0 Å². The average molecular weight is 230 g/mol. The molecule has 92 valence electrons. The van der Waals surface area contributed by atoms with E-state index in [4.69, 9.17) is 11.5 Å². The molecule has 0 heterocycles. The van der Waals surface area contributed by atoms with Crippen LogP contribution in [-0.4, -0.2) is 48.3 Å². The van der Waals surface area contributed by atoms with Gasteiger partial charge in [-0.2, -0.15) is 0 Å². The molecule has 0 spiro atoms. The highest BCUT2D eigenvalue weighted by atomic mass is 16.2. The highest BCUT2D eigenvalue weighted by molar-refractivity contribution is 5.92. The van der Waals surface area contributed by atoms with Crippen LogP contribution in [0.15, 0.2) is 0 Å². The Morgan fingerprint density at radius 2 is 1.50 bits per heavy atom. The van der Waals surface area contributed by atoms with E-state index in [1.807, 2.05) is 0 Å². The first-order valence-corrected chi connectivity index (χ1v) is 4.75. The van der Waals surface area contributed by atoms with E-state index in [1.165, 1.54) is 0 Å². The lowest BCUT2D eigenvalue weighted by Crippen LogP contribution is -2.56. The lowest BCUT2D eigenvalue weighted by molar-refractivity contribution is -0.142. The van der Waals surface area contributed by atoms with Crippen molar-refractivity contribution >= 4 is 17.7 Å². The number of hydrogen-bond donors (Lipinski definition) is 3. The Bertz CT molecular complexity index is 285. The van der Waals surface area contributed by atoms with Crippen molar-refractivity contribution in [2.75, 3.05) is 20.1 Å². The molecule has 0 aromatic rings. The summed E-state index contributed by atoms with van der Waals surface area (Å²) in [5, 5.41) is 2.77. The van der Waals surface area contributed by atoms with E-state index in [1.54, 1.807) is 20.9 Å². The van der Waals surface area contributed by atoms with Crippen LogP contribution >= 0.6 is 0 Å². The van der Waals surface area contributed by atoms with Crippen LogP contribution in [0.2, 0.25) is 0 Å². The van der Waals surface area contributed by atoms with Crippen molar-refractivity contribution in [1.82, 2.24) is 10.2 Å². The van der Waals surface area contributed by atoms with Gasteiger partial charge >= 0.3 is 0 Å². The summed E-state index contributed by atoms with van der Waals surface area (Å²) in [5.74, 6) is -1.80. The zero-order chi connectivity index (χ0) is 12.9. The van der Waals surface area contributed by atoms with Crippen molar-refractivity contribution in [2.24, 2.45) is 11.5 Å². The summed E-state index contributed by atoms with van der Waals surface area (Å²) in [6, 6.07) is 0. The highest BCUT2D eigenvalue weighted by Gasteiger charge is 2.31. The third-order valence-corrected chi connectivity index (χ3v) is 2.14. The van der Waals surface area contributed by atoms with Gasteiger partial charge in [0.2, 0.25) is 17.7 Å². The molecule has 0 saturated carbocycles. The predicted octanol–water partition coefficient (Wildman–Crippen LogP) is -2.22. The van der Waals surface area contributed by atoms with Crippen LogP contribution in [0.1, 0.15) is 13.8 Å². The number of carbonyl (C=O) groups is 3. The van der Waals surface area contributed by atoms with Gasteiger partial charge < -0.3 is 21.7 Å². The van der Waals surface area contributed by atoms with E-state index in [0.717, 1.165) is 4.90 Å². The van der Waals surface area contributed by atoms with Crippen LogP contribution in [0.3, 0.4) is 0 Å². The number of likely N-dealkylation sites (N-methyl/N-ethyl adjacent to an activating group) is 1. The molecule has 0 saturated heterocycles. The Balaban J connectivity index is 4.81. The minimum atomic E-state index is -0.884. The maximum atomic E-state index is 11.9. The Labute approximate surface area is 94.1 Å². The molecule has 7 nitrogen and oxygen atoms in total. The first-order chi connectivity index (χ1) is 7.20. The van der Waals surface area contributed by atoms with Crippen molar-refractivity contribution in [3.8, 4) is 0 Å². The quantitative estimate of drug-likeness (QED) is 0.479. The van der Waals surface area contributed by atoms with E-state index < -0.39 is 23.3 Å². The third-order valence-electron chi connectivity index (χ3n) is 2.14. The van der Waals surface area contributed by atoms with E-state index in [9.17, 15) is 14.4 Å². The number of rotatable bonds is 6. The first-order valence-electron chi connectivity index (χ1n) is 4.75. The molecule has 0 aliphatic heterocycles. The van der Waals surface area contributed by atoms with Gasteiger partial charge in [-0.1, -0.05) is 0 Å². The summed E-state index contributed by atoms with van der Waals surface area (Å²) in [4.78, 5) is 34.5. The number of nitrogens with two attached hydrogens (primary N) is 2. The molecule has 0 fully saturated rings. The number of primary amides is 2. The van der Waals surface area contributed by atoms with Crippen LogP contribution < -0.4 is 16.8 Å². The van der Waals surface area contributed by atoms with Crippen LogP contribution in [0.4, 0.5) is 0 Å². The van der Waals surface area contributed by atoms with Gasteiger partial charge in [0, 0.05) is 0 Å². The van der Waals surface area contributed by atoms with Gasteiger partial charge in [0.1, 0.15) is 0 Å². The van der Waals surface area contributed by atoms with Gasteiger partial charge in [-0.3, -0.25) is 14.4 Å². The second kappa shape index (κ2) is 5.45. The first kappa shape index (κ1) is 14.4. The van der Waals surface area contributed by atoms with Crippen molar-refractivity contribution in [2.45, 2.75) is 19.4 Å². The molecule has 0 aromatic heterocycles. The molecule has 0 radical (unpaired) electrons. The summed E-state index contributed by atoms with van der Waals surface area (Å²) in [6.45, 7) is 2.61. The van der Waals surface area contributed by atoms with E-state index in [-0.39, 0.29) is 13.1 Å². The molecule has 16 heavy (non-hydrogen) atoms. The lowest BCUT2D eigenvalue weighted by Gasteiger charge is -2.30. The maximum absolute atomic E-state index is 11.9. The second-order valence-corrected chi connectivity index (χ2v) is 3.97. The predicted molar refractivity (Wildman–Crippen MR) is 58.1 cm³/mol. The highest BCUT2D eigenvalue weighted by Crippen LogP contribution is 2.06. The van der Waals surface area contributed by atoms with Crippen molar-refractivity contribution in [3.05, 3.63) is 0 Å². The molecule has 0 aliphatic rings. The number of carbonyl (C=O) groups excluding carboxylic acids is 3. The molecule has 0 bridgehead atoms. The van der Waals surface area contributed by atoms with E-state index in [2.05, 4.69) is 5.32 Å². The van der Waals surface area contributed by atoms with Crippen molar-refractivity contribution in [3.63, 3.8) is 0 Å². The second-order valence-electron chi connectivity index (χ2n) is 3.97. The Kier molecular flexibility index (Phi) is 4.90. The molecule has 0 aromatic carbocycles. The monoisotopic (exact) mass is 230 g/mol. The van der Waals surface area contributed by atoms with Gasteiger partial charge in [-0.15, -0.1) is 0 Å². The van der Waals surface area contributed by atoms with Crippen LogP contribution in [0, 0.1) is 0 Å². The standard InChI is InChI=1S/C9H18N4O3/c1-9(2,12-3)8(16)13(4-6(10)14)5-7(11)15/h12H,4-5H2,1-3H3,(H2,10,14)(H2,11,15). The fourth-order valence-electron chi connectivity index (χ4n) is 1.08. The molecular weight excluding hydrogens is 212 g/mol. The Morgan fingerprint density at radius 1 is 1.12 bits per heavy atom. The SMILES string of the molecule is CNC(C)(C)C(=O)N(CC(N)=O)CC(N)=O. The summed E-state index contributed by atoms with van der Waals surface area (Å²) in [6.07, 6.45) is 0. The number of nitrogens with one attached hydrogen (secondary N) is 1. The fraction of sp³-hybridized carbons (Fsp3) is 0.667. The molecule has 0 atom stereocenters. The topological polar surface area (TPSA) is 119 Å². The molecule has 5 N–H and O–H groups in total. The van der Waals surface area contributed by atoms with Crippen LogP contribution in [0.5, 0.6) is 0 Å². The molecule has 0 aliphatic carbocycles. The van der Waals surface area contributed by atoms with E-state index >= 15 is 0 Å². The Morgan fingerprint density at radius 3 is 1.75 bits per heavy atom. The minimum absolute atomic E-state index is 0.327. The fourth-order valence-corrected chi connectivity index (χ4v) is 1.08. The van der Waals surface area contributed by atoms with Gasteiger partial charge in [0.15, 0.2) is 0 Å². The zero-order valence-electron chi connectivity index (χ0n) is 9.74. The smallest absolute Gasteiger partial charge is 0.243 e. The summed E-state index contributed by atoms with van der Waals surface area (Å²) < 4.78 is 0. The summed E-state index contributed by atoms with van der Waals surface area (Å²) >= 11 is 0. The normalized spacial score (nSPS) is 10.9. The maximum Gasteiger partial charge on any atom is 0.243 e. The number of hydrogen-bond acceptors (Lipinski definition) is 4. The van der Waals surface area contributed by atoms with Gasteiger partial charge in [0.25, 0.3) is 0 Å². The molecule has 0 unspecified atom stereocenters. The molecule has 0 rings (SSSR count). The van der Waals surface area contributed by atoms with Gasteiger partial charge in [-0.25, -0.2) is 0 Å². The number of nitrogens with zero attached hydrogens (tertiary/aromatic N) is 1. The third kappa shape index (κ3) is 4.26. The molecular formula is C9H18N4O3. The van der Waals surface area contributed by atoms with Gasteiger partial charge in [0.05, 0.1) is 18.6 Å². The van der Waals surface area contributed by atoms with Crippen molar-refractivity contribution in [1.29, 1.82) is 0 Å². The summed E-state index contributed by atoms with van der Waals surface area (Å²) in [7, 11) is 1.60. The van der Waals surface area contributed by atoms with Crippen molar-refractivity contribution < 1.29 is 14.4 Å². The average Bonchev–Trinajstić information content (AvgIpc) is 2.14. The van der Waals surface area contributed by atoms with Crippen LogP contribution in [-0.2, 0) is 14.4 Å². The Hall–Kier alpha value is -1.63. The minimum Gasteiger partial charge on any atom is -0.368 e.